The summed E-state index contributed by atoms with van der Waals surface area (Å²) in [5.74, 6) is 0.239. The topological polar surface area (TPSA) is 60.2 Å². The van der Waals surface area contributed by atoms with Crippen molar-refractivity contribution in [3.05, 3.63) is 48.0 Å². The van der Waals surface area contributed by atoms with Gasteiger partial charge >= 0.3 is 0 Å². The van der Waals surface area contributed by atoms with Gasteiger partial charge in [-0.25, -0.2) is 8.42 Å². The molecule has 4 heteroatoms. The third kappa shape index (κ3) is 3.58. The molecule has 2 aromatic carbocycles. The number of hydrogen-bond donors (Lipinski definition) is 1. The lowest BCUT2D eigenvalue weighted by Crippen LogP contribution is -2.23. The Bertz CT molecular complexity index is 674. The molecule has 3 nitrogen and oxygen atoms in total. The molecule has 0 saturated carbocycles. The third-order valence-corrected chi connectivity index (χ3v) is 5.24. The molecule has 0 heterocycles. The van der Waals surface area contributed by atoms with E-state index in [2.05, 4.69) is 0 Å². The minimum absolute atomic E-state index is 0.0149. The van der Waals surface area contributed by atoms with Gasteiger partial charge in [-0.1, -0.05) is 55.8 Å². The Labute approximate surface area is 120 Å². The molecule has 0 aromatic heterocycles. The van der Waals surface area contributed by atoms with E-state index in [1.165, 1.54) is 0 Å². The summed E-state index contributed by atoms with van der Waals surface area (Å²) in [6, 6.07) is 13.3. The number of rotatable bonds is 6. The van der Waals surface area contributed by atoms with E-state index >= 15 is 0 Å². The summed E-state index contributed by atoms with van der Waals surface area (Å²) in [6.07, 6.45) is 1.58. The lowest BCUT2D eigenvalue weighted by atomic mass is 10.0. The maximum atomic E-state index is 12.0. The Morgan fingerprint density at radius 2 is 1.80 bits per heavy atom. The van der Waals surface area contributed by atoms with Crippen molar-refractivity contribution in [2.45, 2.75) is 25.8 Å². The van der Waals surface area contributed by atoms with Crippen LogP contribution < -0.4 is 5.73 Å². The molecular weight excluding hydrogens is 270 g/mol. The Morgan fingerprint density at radius 3 is 2.55 bits per heavy atom. The van der Waals surface area contributed by atoms with Crippen molar-refractivity contribution in [2.75, 3.05) is 11.5 Å². The second kappa shape index (κ2) is 6.37. The number of fused-ring (bicyclic) bond motifs is 1. The van der Waals surface area contributed by atoms with E-state index in [-0.39, 0.29) is 11.5 Å². The molecule has 2 aromatic rings. The smallest absolute Gasteiger partial charge is 0.152 e. The van der Waals surface area contributed by atoms with Crippen LogP contribution >= 0.6 is 0 Å². The zero-order valence-corrected chi connectivity index (χ0v) is 12.6. The second-order valence-electron chi connectivity index (χ2n) is 5.14. The second-order valence-corrected chi connectivity index (χ2v) is 7.37. The first-order valence-electron chi connectivity index (χ1n) is 6.97. The first-order chi connectivity index (χ1) is 9.53. The summed E-state index contributed by atoms with van der Waals surface area (Å²) >= 11 is 0. The predicted molar refractivity (Wildman–Crippen MR) is 84.4 cm³/mol. The largest absolute Gasteiger partial charge is 0.323 e. The lowest BCUT2D eigenvalue weighted by molar-refractivity contribution is 0.586. The molecule has 1 atom stereocenters. The van der Waals surface area contributed by atoms with Crippen LogP contribution in [0.3, 0.4) is 0 Å². The molecule has 20 heavy (non-hydrogen) atoms. The fraction of sp³-hybridized carbons (Fsp3) is 0.375. The van der Waals surface area contributed by atoms with E-state index in [9.17, 15) is 8.42 Å². The van der Waals surface area contributed by atoms with Crippen LogP contribution in [-0.4, -0.2) is 19.9 Å². The van der Waals surface area contributed by atoms with Crippen LogP contribution in [0, 0.1) is 0 Å². The molecule has 0 saturated heterocycles. The van der Waals surface area contributed by atoms with Gasteiger partial charge in [-0.05, 0) is 22.8 Å². The maximum absolute atomic E-state index is 12.0. The van der Waals surface area contributed by atoms with Crippen LogP contribution in [0.2, 0.25) is 0 Å². The zero-order chi connectivity index (χ0) is 14.6. The third-order valence-electron chi connectivity index (χ3n) is 3.47. The molecule has 0 spiro atoms. The van der Waals surface area contributed by atoms with E-state index in [0.717, 1.165) is 22.8 Å². The van der Waals surface area contributed by atoms with E-state index in [0.29, 0.717) is 6.42 Å². The Balaban J connectivity index is 2.26. The average Bonchev–Trinajstić information content (AvgIpc) is 2.44. The summed E-state index contributed by atoms with van der Waals surface area (Å²) < 4.78 is 24.1. The van der Waals surface area contributed by atoms with Crippen molar-refractivity contribution in [3.8, 4) is 0 Å². The molecule has 0 radical (unpaired) electrons. The van der Waals surface area contributed by atoms with Crippen molar-refractivity contribution < 1.29 is 8.42 Å². The predicted octanol–water partition coefficient (Wildman–Crippen LogP) is 3.05. The molecule has 0 aliphatic carbocycles. The average molecular weight is 291 g/mol. The number of sulfone groups is 1. The van der Waals surface area contributed by atoms with Crippen LogP contribution in [0.25, 0.3) is 10.8 Å². The van der Waals surface area contributed by atoms with Gasteiger partial charge < -0.3 is 5.73 Å². The number of hydrogen-bond acceptors (Lipinski definition) is 3. The van der Waals surface area contributed by atoms with Gasteiger partial charge in [0.05, 0.1) is 11.5 Å². The molecule has 2 rings (SSSR count). The van der Waals surface area contributed by atoms with Crippen molar-refractivity contribution in [2.24, 2.45) is 5.73 Å². The Morgan fingerprint density at radius 1 is 1.10 bits per heavy atom. The fourth-order valence-corrected chi connectivity index (χ4v) is 4.01. The molecule has 2 N–H and O–H groups in total. The minimum Gasteiger partial charge on any atom is -0.323 e. The number of nitrogens with two attached hydrogens (primary N) is 1. The molecule has 1 unspecified atom stereocenters. The van der Waals surface area contributed by atoms with Crippen molar-refractivity contribution >= 4 is 20.6 Å². The monoisotopic (exact) mass is 291 g/mol. The lowest BCUT2D eigenvalue weighted by Gasteiger charge is -2.15. The van der Waals surface area contributed by atoms with E-state index in [1.807, 2.05) is 49.4 Å². The van der Waals surface area contributed by atoms with Gasteiger partial charge in [-0.15, -0.1) is 0 Å². The summed E-state index contributed by atoms with van der Waals surface area (Å²) in [4.78, 5) is 0. The van der Waals surface area contributed by atoms with Crippen molar-refractivity contribution in [1.82, 2.24) is 0 Å². The van der Waals surface area contributed by atoms with Gasteiger partial charge in [0.2, 0.25) is 0 Å². The van der Waals surface area contributed by atoms with Crippen LogP contribution in [0.15, 0.2) is 42.5 Å². The maximum Gasteiger partial charge on any atom is 0.152 e. The first kappa shape index (κ1) is 15.0. The Kier molecular flexibility index (Phi) is 4.78. The quantitative estimate of drug-likeness (QED) is 0.890. The molecule has 108 valence electrons. The molecule has 0 bridgehead atoms. The molecule has 0 aliphatic heterocycles. The summed E-state index contributed by atoms with van der Waals surface area (Å²) in [7, 11) is -3.08. The highest BCUT2D eigenvalue weighted by Crippen LogP contribution is 2.24. The summed E-state index contributed by atoms with van der Waals surface area (Å²) in [5.41, 5.74) is 7.05. The Hall–Kier alpha value is -1.39. The standard InChI is InChI=1S/C16H21NO2S/c1-2-3-11-20(18,19)12-16(17)15-10-6-8-13-7-4-5-9-14(13)15/h4-10,16H,2-3,11-12,17H2,1H3. The minimum atomic E-state index is -3.08. The van der Waals surface area contributed by atoms with Gasteiger partial charge in [0.25, 0.3) is 0 Å². The molecule has 0 amide bonds. The van der Waals surface area contributed by atoms with E-state index in [1.54, 1.807) is 0 Å². The number of unbranched alkanes of at least 4 members (excludes halogenated alkanes) is 1. The van der Waals surface area contributed by atoms with E-state index in [4.69, 9.17) is 5.73 Å². The van der Waals surface area contributed by atoms with Crippen LogP contribution in [0.1, 0.15) is 31.4 Å². The highest BCUT2D eigenvalue weighted by molar-refractivity contribution is 7.91. The van der Waals surface area contributed by atoms with Crippen molar-refractivity contribution in [3.63, 3.8) is 0 Å². The molecular formula is C16H21NO2S. The van der Waals surface area contributed by atoms with Gasteiger partial charge in [0.1, 0.15) is 0 Å². The van der Waals surface area contributed by atoms with Gasteiger partial charge in [-0.3, -0.25) is 0 Å². The summed E-state index contributed by atoms with van der Waals surface area (Å²) in [6.45, 7) is 1.99. The van der Waals surface area contributed by atoms with Gasteiger partial charge in [0.15, 0.2) is 9.84 Å². The summed E-state index contributed by atoms with van der Waals surface area (Å²) in [5, 5.41) is 2.12. The number of benzene rings is 2. The zero-order valence-electron chi connectivity index (χ0n) is 11.7. The van der Waals surface area contributed by atoms with Gasteiger partial charge in [0, 0.05) is 6.04 Å². The highest BCUT2D eigenvalue weighted by atomic mass is 32.2. The molecule has 0 fully saturated rings. The van der Waals surface area contributed by atoms with Crippen LogP contribution in [0.4, 0.5) is 0 Å². The van der Waals surface area contributed by atoms with Crippen LogP contribution in [0.5, 0.6) is 0 Å². The molecule has 0 aliphatic rings. The fourth-order valence-electron chi connectivity index (χ4n) is 2.38. The first-order valence-corrected chi connectivity index (χ1v) is 8.79. The van der Waals surface area contributed by atoms with E-state index < -0.39 is 15.9 Å². The highest BCUT2D eigenvalue weighted by Gasteiger charge is 2.18. The van der Waals surface area contributed by atoms with Gasteiger partial charge in [-0.2, -0.15) is 0 Å². The normalized spacial score (nSPS) is 13.5. The van der Waals surface area contributed by atoms with Crippen LogP contribution in [-0.2, 0) is 9.84 Å². The SMILES string of the molecule is CCCCS(=O)(=O)CC(N)c1cccc2ccccc12. The van der Waals surface area contributed by atoms with Crippen molar-refractivity contribution in [1.29, 1.82) is 0 Å².